The highest BCUT2D eigenvalue weighted by Crippen LogP contribution is 2.30. The maximum absolute atomic E-state index is 13.2. The molecule has 0 unspecified atom stereocenters. The molecule has 0 atom stereocenters. The highest BCUT2D eigenvalue weighted by Gasteiger charge is 2.11. The van der Waals surface area contributed by atoms with Crippen molar-refractivity contribution in [3.63, 3.8) is 0 Å². The van der Waals surface area contributed by atoms with Gasteiger partial charge in [-0.2, -0.15) is 4.98 Å². The first-order valence-corrected chi connectivity index (χ1v) is 9.84. The molecule has 0 aliphatic rings. The van der Waals surface area contributed by atoms with Crippen LogP contribution in [0.4, 0.5) is 15.2 Å². The molecule has 0 fully saturated rings. The van der Waals surface area contributed by atoms with Crippen LogP contribution in [0.3, 0.4) is 0 Å². The van der Waals surface area contributed by atoms with Gasteiger partial charge in [-0.1, -0.05) is 52.0 Å². The van der Waals surface area contributed by atoms with Crippen LogP contribution in [0.25, 0.3) is 11.5 Å². The van der Waals surface area contributed by atoms with E-state index in [0.717, 1.165) is 9.90 Å². The topological polar surface area (TPSA) is 76.7 Å². The summed E-state index contributed by atoms with van der Waals surface area (Å²) in [5.74, 6) is 1.30. The quantitative estimate of drug-likeness (QED) is 0.454. The lowest BCUT2D eigenvalue weighted by Crippen LogP contribution is -1.89. The summed E-state index contributed by atoms with van der Waals surface area (Å²) in [5, 5.41) is 15.8. The molecule has 6 nitrogen and oxygen atoms in total. The summed E-state index contributed by atoms with van der Waals surface area (Å²) in [6, 6.07) is 14.1. The number of halogens is 1. The molecule has 136 valence electrons. The Kier molecular flexibility index (Phi) is 5.12. The van der Waals surface area contributed by atoms with Gasteiger partial charge in [0.05, 0.1) is 5.75 Å². The first-order chi connectivity index (χ1) is 13.2. The highest BCUT2D eigenvalue weighted by molar-refractivity contribution is 8.00. The molecule has 0 radical (unpaired) electrons. The first kappa shape index (κ1) is 17.6. The van der Waals surface area contributed by atoms with Crippen molar-refractivity contribution in [3.05, 3.63) is 65.7 Å². The van der Waals surface area contributed by atoms with Crippen LogP contribution in [0.15, 0.2) is 57.4 Å². The molecule has 4 aromatic rings. The largest absolute Gasteiger partial charge is 0.334 e. The lowest BCUT2D eigenvalue weighted by Gasteiger charge is -2.00. The van der Waals surface area contributed by atoms with Crippen molar-refractivity contribution in [2.45, 2.75) is 17.0 Å². The van der Waals surface area contributed by atoms with Crippen LogP contribution in [0.5, 0.6) is 0 Å². The fourth-order valence-electron chi connectivity index (χ4n) is 2.26. The maximum Gasteiger partial charge on any atom is 0.257 e. The molecule has 0 saturated carbocycles. The van der Waals surface area contributed by atoms with Crippen molar-refractivity contribution < 1.29 is 8.91 Å². The lowest BCUT2D eigenvalue weighted by molar-refractivity contribution is 0.425. The lowest BCUT2D eigenvalue weighted by atomic mass is 10.1. The Labute approximate surface area is 162 Å². The Morgan fingerprint density at radius 3 is 2.81 bits per heavy atom. The Morgan fingerprint density at radius 2 is 2.00 bits per heavy atom. The van der Waals surface area contributed by atoms with E-state index in [9.17, 15) is 4.39 Å². The zero-order chi connectivity index (χ0) is 18.6. The van der Waals surface area contributed by atoms with Gasteiger partial charge in [-0.25, -0.2) is 4.39 Å². The molecule has 1 N–H and O–H groups in total. The highest BCUT2D eigenvalue weighted by atomic mass is 32.2. The third-order valence-corrected chi connectivity index (χ3v) is 5.54. The number of aryl methyl sites for hydroxylation is 1. The Hall–Kier alpha value is -2.78. The summed E-state index contributed by atoms with van der Waals surface area (Å²) in [6.07, 6.45) is 0. The molecule has 4 rings (SSSR count). The second-order valence-corrected chi connectivity index (χ2v) is 7.88. The number of hydrogen-bond donors (Lipinski definition) is 1. The minimum absolute atomic E-state index is 0.305. The fraction of sp³-hybridized carbons (Fsp3) is 0.111. The SMILES string of the molecule is Cc1ccc(-c2nc(CSc3nnc(Nc4cccc(F)c4)s3)no2)cc1. The van der Waals surface area contributed by atoms with E-state index < -0.39 is 0 Å². The van der Waals surface area contributed by atoms with Gasteiger partial charge in [0.15, 0.2) is 10.2 Å². The molecule has 2 heterocycles. The second-order valence-electron chi connectivity index (χ2n) is 5.68. The Bertz CT molecular complexity index is 1050. The van der Waals surface area contributed by atoms with Crippen LogP contribution >= 0.6 is 23.1 Å². The van der Waals surface area contributed by atoms with E-state index >= 15 is 0 Å². The van der Waals surface area contributed by atoms with Crippen molar-refractivity contribution in [3.8, 4) is 11.5 Å². The van der Waals surface area contributed by atoms with E-state index in [0.29, 0.717) is 28.3 Å². The van der Waals surface area contributed by atoms with Gasteiger partial charge in [0.25, 0.3) is 5.89 Å². The molecular weight excluding hydrogens is 385 g/mol. The van der Waals surface area contributed by atoms with Crippen molar-refractivity contribution in [1.29, 1.82) is 0 Å². The van der Waals surface area contributed by atoms with Crippen LogP contribution in [0.1, 0.15) is 11.4 Å². The number of nitrogens with zero attached hydrogens (tertiary/aromatic N) is 4. The predicted octanol–water partition coefficient (Wildman–Crippen LogP) is 5.07. The van der Waals surface area contributed by atoms with Gasteiger partial charge in [-0.15, -0.1) is 10.2 Å². The number of nitrogens with one attached hydrogen (secondary N) is 1. The average Bonchev–Trinajstić information content (AvgIpc) is 3.30. The number of thioether (sulfide) groups is 1. The molecule has 0 aliphatic carbocycles. The third-order valence-electron chi connectivity index (χ3n) is 3.57. The van der Waals surface area contributed by atoms with Crippen LogP contribution in [0, 0.1) is 12.7 Å². The minimum Gasteiger partial charge on any atom is -0.334 e. The molecule has 2 aromatic heterocycles. The van der Waals surface area contributed by atoms with E-state index in [1.54, 1.807) is 12.1 Å². The second kappa shape index (κ2) is 7.85. The monoisotopic (exact) mass is 399 g/mol. The molecule has 2 aromatic carbocycles. The summed E-state index contributed by atoms with van der Waals surface area (Å²) < 4.78 is 19.3. The van der Waals surface area contributed by atoms with E-state index in [-0.39, 0.29) is 5.82 Å². The van der Waals surface area contributed by atoms with E-state index in [2.05, 4.69) is 25.7 Å². The average molecular weight is 399 g/mol. The van der Waals surface area contributed by atoms with Gasteiger partial charge in [0.1, 0.15) is 5.82 Å². The van der Waals surface area contributed by atoms with Gasteiger partial charge in [0.2, 0.25) is 5.13 Å². The van der Waals surface area contributed by atoms with E-state index in [1.807, 2.05) is 31.2 Å². The normalized spacial score (nSPS) is 10.9. The van der Waals surface area contributed by atoms with E-state index in [4.69, 9.17) is 4.52 Å². The number of anilines is 2. The summed E-state index contributed by atoms with van der Waals surface area (Å²) in [7, 11) is 0. The summed E-state index contributed by atoms with van der Waals surface area (Å²) in [5.41, 5.74) is 2.69. The molecule has 0 amide bonds. The summed E-state index contributed by atoms with van der Waals surface area (Å²) in [6.45, 7) is 2.03. The van der Waals surface area contributed by atoms with Crippen LogP contribution in [0.2, 0.25) is 0 Å². The number of hydrogen-bond acceptors (Lipinski definition) is 8. The number of aromatic nitrogens is 4. The molecule has 9 heteroatoms. The number of rotatable bonds is 6. The molecule has 0 bridgehead atoms. The summed E-state index contributed by atoms with van der Waals surface area (Å²) in [4.78, 5) is 4.41. The zero-order valence-electron chi connectivity index (χ0n) is 14.2. The zero-order valence-corrected chi connectivity index (χ0v) is 15.9. The molecule has 0 aliphatic heterocycles. The van der Waals surface area contributed by atoms with Crippen molar-refractivity contribution in [2.24, 2.45) is 0 Å². The smallest absolute Gasteiger partial charge is 0.257 e. The molecule has 27 heavy (non-hydrogen) atoms. The standard InChI is InChI=1S/C18H14FN5OS2/c1-11-5-7-12(8-6-11)16-21-15(24-25-16)10-26-18-23-22-17(27-18)20-14-4-2-3-13(19)9-14/h2-9H,10H2,1H3,(H,20,22). The molecule has 0 saturated heterocycles. The Morgan fingerprint density at radius 1 is 1.15 bits per heavy atom. The molecule has 0 spiro atoms. The van der Waals surface area contributed by atoms with Crippen LogP contribution < -0.4 is 5.32 Å². The Balaban J connectivity index is 1.37. The maximum atomic E-state index is 13.2. The van der Waals surface area contributed by atoms with E-state index in [1.165, 1.54) is 40.8 Å². The van der Waals surface area contributed by atoms with Crippen LogP contribution in [-0.4, -0.2) is 20.3 Å². The third kappa shape index (κ3) is 4.50. The van der Waals surface area contributed by atoms with Crippen LogP contribution in [-0.2, 0) is 5.75 Å². The molecular formula is C18H14FN5OS2. The predicted molar refractivity (Wildman–Crippen MR) is 104 cm³/mol. The number of benzene rings is 2. The van der Waals surface area contributed by atoms with Gasteiger partial charge < -0.3 is 9.84 Å². The van der Waals surface area contributed by atoms with Gasteiger partial charge in [-0.05, 0) is 37.3 Å². The first-order valence-electron chi connectivity index (χ1n) is 8.04. The van der Waals surface area contributed by atoms with Crippen molar-refractivity contribution in [1.82, 2.24) is 20.3 Å². The minimum atomic E-state index is -0.305. The van der Waals surface area contributed by atoms with Gasteiger partial charge in [0, 0.05) is 11.3 Å². The fourth-order valence-corrected chi connectivity index (χ4v) is 3.88. The van der Waals surface area contributed by atoms with Crippen molar-refractivity contribution in [2.75, 3.05) is 5.32 Å². The van der Waals surface area contributed by atoms with Gasteiger partial charge in [-0.3, -0.25) is 0 Å². The van der Waals surface area contributed by atoms with Crippen molar-refractivity contribution >= 4 is 33.9 Å². The summed E-state index contributed by atoms with van der Waals surface area (Å²) >= 11 is 2.84. The van der Waals surface area contributed by atoms with Gasteiger partial charge >= 0.3 is 0 Å².